The van der Waals surface area contributed by atoms with E-state index in [0.29, 0.717) is 12.0 Å². The average Bonchev–Trinajstić information content (AvgIpc) is 2.82. The number of hydrazine groups is 1. The van der Waals surface area contributed by atoms with E-state index in [1.54, 1.807) is 23.5 Å². The zero-order chi connectivity index (χ0) is 12.3. The summed E-state index contributed by atoms with van der Waals surface area (Å²) in [6, 6.07) is 8.66. The molecule has 1 aromatic carbocycles. The predicted molar refractivity (Wildman–Crippen MR) is 72.2 cm³/mol. The largest absolute Gasteiger partial charge is 0.271 e. The summed E-state index contributed by atoms with van der Waals surface area (Å²) in [7, 11) is 0. The van der Waals surface area contributed by atoms with Gasteiger partial charge in [0.25, 0.3) is 0 Å². The van der Waals surface area contributed by atoms with E-state index in [4.69, 9.17) is 5.84 Å². The Morgan fingerprint density at radius 1 is 1.41 bits per heavy atom. The first-order chi connectivity index (χ1) is 8.20. The number of nitrogens with two attached hydrogens (primary N) is 1. The molecule has 0 aliphatic carbocycles. The highest BCUT2D eigenvalue weighted by atomic mass is 79.9. The maximum Gasteiger partial charge on any atom is 0.128 e. The Balaban J connectivity index is 2.25. The molecule has 1 atom stereocenters. The van der Waals surface area contributed by atoms with Crippen molar-refractivity contribution in [1.29, 1.82) is 0 Å². The van der Waals surface area contributed by atoms with Crippen molar-refractivity contribution < 1.29 is 4.39 Å². The zero-order valence-electron chi connectivity index (χ0n) is 8.99. The van der Waals surface area contributed by atoms with Crippen molar-refractivity contribution in [3.05, 3.63) is 56.4 Å². The van der Waals surface area contributed by atoms with Gasteiger partial charge in [0, 0.05) is 21.3 Å². The van der Waals surface area contributed by atoms with Crippen molar-refractivity contribution in [3.63, 3.8) is 0 Å². The lowest BCUT2D eigenvalue weighted by Gasteiger charge is -2.16. The standard InChI is InChI=1S/C12H12BrFN2S/c13-8-3-4-11(14)10(6-8)12(16-15)7-9-2-1-5-17-9/h1-6,12,16H,7,15H2. The van der Waals surface area contributed by atoms with Crippen LogP contribution < -0.4 is 11.3 Å². The molecule has 0 saturated carbocycles. The third-order valence-electron chi connectivity index (χ3n) is 2.52. The van der Waals surface area contributed by atoms with E-state index in [0.717, 1.165) is 4.47 Å². The Morgan fingerprint density at radius 2 is 2.24 bits per heavy atom. The van der Waals surface area contributed by atoms with Gasteiger partial charge in [0.1, 0.15) is 5.82 Å². The van der Waals surface area contributed by atoms with Crippen LogP contribution in [0.1, 0.15) is 16.5 Å². The first kappa shape index (κ1) is 12.7. The second-order valence-corrected chi connectivity index (χ2v) is 5.62. The van der Waals surface area contributed by atoms with Crippen LogP contribution >= 0.6 is 27.3 Å². The molecule has 0 saturated heterocycles. The normalized spacial score (nSPS) is 12.6. The van der Waals surface area contributed by atoms with Crippen LogP contribution in [0.5, 0.6) is 0 Å². The quantitative estimate of drug-likeness (QED) is 0.670. The van der Waals surface area contributed by atoms with Crippen molar-refractivity contribution in [2.24, 2.45) is 5.84 Å². The maximum atomic E-state index is 13.7. The molecular formula is C12H12BrFN2S. The van der Waals surface area contributed by atoms with Crippen LogP contribution in [0.2, 0.25) is 0 Å². The van der Waals surface area contributed by atoms with E-state index in [-0.39, 0.29) is 11.9 Å². The molecule has 2 nitrogen and oxygen atoms in total. The summed E-state index contributed by atoms with van der Waals surface area (Å²) in [6.45, 7) is 0. The van der Waals surface area contributed by atoms with Crippen molar-refractivity contribution in [1.82, 2.24) is 5.43 Å². The summed E-state index contributed by atoms with van der Waals surface area (Å²) < 4.78 is 14.6. The molecule has 90 valence electrons. The molecule has 1 unspecified atom stereocenters. The van der Waals surface area contributed by atoms with Gasteiger partial charge in [-0.05, 0) is 29.6 Å². The van der Waals surface area contributed by atoms with E-state index in [1.165, 1.54) is 10.9 Å². The lowest BCUT2D eigenvalue weighted by atomic mass is 10.0. The van der Waals surface area contributed by atoms with E-state index in [1.807, 2.05) is 17.5 Å². The maximum absolute atomic E-state index is 13.7. The minimum Gasteiger partial charge on any atom is -0.271 e. The Kier molecular flexibility index (Phi) is 4.28. The highest BCUT2D eigenvalue weighted by Crippen LogP contribution is 2.25. The second-order valence-electron chi connectivity index (χ2n) is 3.67. The van der Waals surface area contributed by atoms with Crippen LogP contribution in [0.15, 0.2) is 40.2 Å². The van der Waals surface area contributed by atoms with Crippen LogP contribution in [0.25, 0.3) is 0 Å². The third-order valence-corrected chi connectivity index (χ3v) is 3.91. The SMILES string of the molecule is NNC(Cc1cccs1)c1cc(Br)ccc1F. The summed E-state index contributed by atoms with van der Waals surface area (Å²) in [5, 5.41) is 2.00. The number of hydrogen-bond donors (Lipinski definition) is 2. The zero-order valence-corrected chi connectivity index (χ0v) is 11.4. The number of benzene rings is 1. The Bertz CT molecular complexity index is 487. The van der Waals surface area contributed by atoms with Gasteiger partial charge in [-0.3, -0.25) is 11.3 Å². The molecular weight excluding hydrogens is 303 g/mol. The molecule has 17 heavy (non-hydrogen) atoms. The van der Waals surface area contributed by atoms with Gasteiger partial charge in [-0.25, -0.2) is 4.39 Å². The molecule has 3 N–H and O–H groups in total. The summed E-state index contributed by atoms with van der Waals surface area (Å²) in [5.74, 6) is 5.27. The molecule has 0 amide bonds. The lowest BCUT2D eigenvalue weighted by Crippen LogP contribution is -2.30. The molecule has 5 heteroatoms. The van der Waals surface area contributed by atoms with Gasteiger partial charge >= 0.3 is 0 Å². The van der Waals surface area contributed by atoms with E-state index in [9.17, 15) is 4.39 Å². The van der Waals surface area contributed by atoms with Crippen LogP contribution in [0.4, 0.5) is 4.39 Å². The van der Waals surface area contributed by atoms with Crippen molar-refractivity contribution in [2.75, 3.05) is 0 Å². The fraction of sp³-hybridized carbons (Fsp3) is 0.167. The first-order valence-electron chi connectivity index (χ1n) is 5.14. The minimum absolute atomic E-state index is 0.217. The Morgan fingerprint density at radius 3 is 2.88 bits per heavy atom. The van der Waals surface area contributed by atoms with Gasteiger partial charge < -0.3 is 0 Å². The molecule has 0 bridgehead atoms. The molecule has 0 spiro atoms. The molecule has 1 heterocycles. The fourth-order valence-electron chi connectivity index (χ4n) is 1.67. The number of nitrogens with one attached hydrogen (secondary N) is 1. The lowest BCUT2D eigenvalue weighted by molar-refractivity contribution is 0.512. The highest BCUT2D eigenvalue weighted by molar-refractivity contribution is 9.10. The van der Waals surface area contributed by atoms with Gasteiger partial charge in [-0.15, -0.1) is 11.3 Å². The molecule has 0 aliphatic rings. The first-order valence-corrected chi connectivity index (χ1v) is 6.81. The van der Waals surface area contributed by atoms with Crippen molar-refractivity contribution in [3.8, 4) is 0 Å². The Labute approximate surface area is 112 Å². The highest BCUT2D eigenvalue weighted by Gasteiger charge is 2.15. The molecule has 0 fully saturated rings. The third kappa shape index (κ3) is 3.13. The Hall–Kier alpha value is -0.750. The minimum atomic E-state index is -0.243. The summed E-state index contributed by atoms with van der Waals surface area (Å²) >= 11 is 4.98. The average molecular weight is 315 g/mol. The molecule has 0 aliphatic heterocycles. The summed E-state index contributed by atoms with van der Waals surface area (Å²) in [6.07, 6.45) is 0.682. The van der Waals surface area contributed by atoms with Gasteiger partial charge in [0.05, 0.1) is 6.04 Å². The van der Waals surface area contributed by atoms with Crippen LogP contribution in [-0.4, -0.2) is 0 Å². The number of rotatable bonds is 4. The van der Waals surface area contributed by atoms with E-state index >= 15 is 0 Å². The number of halogens is 2. The van der Waals surface area contributed by atoms with Crippen molar-refractivity contribution >= 4 is 27.3 Å². The predicted octanol–water partition coefficient (Wildman–Crippen LogP) is 3.40. The molecule has 0 radical (unpaired) electrons. The van der Waals surface area contributed by atoms with Crippen LogP contribution in [0, 0.1) is 5.82 Å². The van der Waals surface area contributed by atoms with E-state index < -0.39 is 0 Å². The topological polar surface area (TPSA) is 38.0 Å². The van der Waals surface area contributed by atoms with Gasteiger partial charge in [0.2, 0.25) is 0 Å². The number of thiophene rings is 1. The van der Waals surface area contributed by atoms with E-state index in [2.05, 4.69) is 21.4 Å². The van der Waals surface area contributed by atoms with Gasteiger partial charge in [0.15, 0.2) is 0 Å². The van der Waals surface area contributed by atoms with Crippen LogP contribution in [-0.2, 0) is 6.42 Å². The molecule has 2 rings (SSSR count). The van der Waals surface area contributed by atoms with Gasteiger partial charge in [-0.1, -0.05) is 22.0 Å². The van der Waals surface area contributed by atoms with Gasteiger partial charge in [-0.2, -0.15) is 0 Å². The van der Waals surface area contributed by atoms with Crippen LogP contribution in [0.3, 0.4) is 0 Å². The monoisotopic (exact) mass is 314 g/mol. The molecule has 1 aromatic heterocycles. The summed E-state index contributed by atoms with van der Waals surface area (Å²) in [4.78, 5) is 1.17. The second kappa shape index (κ2) is 5.73. The van der Waals surface area contributed by atoms with Crippen molar-refractivity contribution in [2.45, 2.75) is 12.5 Å². The smallest absolute Gasteiger partial charge is 0.128 e. The summed E-state index contributed by atoms with van der Waals surface area (Å²) in [5.41, 5.74) is 3.25. The fourth-order valence-corrected chi connectivity index (χ4v) is 2.80. The molecule has 2 aromatic rings. The number of hydrogen-bond acceptors (Lipinski definition) is 3.